The van der Waals surface area contributed by atoms with Crippen LogP contribution in [-0.2, 0) is 6.42 Å². The van der Waals surface area contributed by atoms with Crippen molar-refractivity contribution in [2.24, 2.45) is 0 Å². The Balaban J connectivity index is 1.27. The summed E-state index contributed by atoms with van der Waals surface area (Å²) in [6.45, 7) is 0.404. The third-order valence-corrected chi connectivity index (χ3v) is 5.42. The molecule has 0 aliphatic rings. The molecular formula is C27H25N7O2. The van der Waals surface area contributed by atoms with Crippen molar-refractivity contribution >= 4 is 29.1 Å². The molecule has 5 N–H and O–H groups in total. The molecule has 3 amide bonds. The number of rotatable bonds is 8. The van der Waals surface area contributed by atoms with E-state index in [4.69, 9.17) is 5.73 Å². The number of nitriles is 1. The maximum Gasteiger partial charge on any atom is 0.323 e. The Kier molecular flexibility index (Phi) is 7.58. The summed E-state index contributed by atoms with van der Waals surface area (Å²) in [6.07, 6.45) is 1.08. The van der Waals surface area contributed by atoms with Gasteiger partial charge in [0.25, 0.3) is 5.91 Å². The van der Waals surface area contributed by atoms with Crippen molar-refractivity contribution in [3.8, 4) is 11.8 Å². The van der Waals surface area contributed by atoms with Crippen molar-refractivity contribution in [3.05, 3.63) is 102 Å². The van der Waals surface area contributed by atoms with Crippen LogP contribution < -0.4 is 21.7 Å². The zero-order chi connectivity index (χ0) is 25.3. The number of nitrogens with one attached hydrogen (secondary N) is 3. The van der Waals surface area contributed by atoms with E-state index in [1.807, 2.05) is 48.5 Å². The summed E-state index contributed by atoms with van der Waals surface area (Å²) < 4.78 is 1.56. The highest BCUT2D eigenvalue weighted by molar-refractivity contribution is 6.00. The van der Waals surface area contributed by atoms with Gasteiger partial charge in [-0.2, -0.15) is 10.4 Å². The van der Waals surface area contributed by atoms with Gasteiger partial charge in [-0.05, 0) is 61.4 Å². The number of urea groups is 1. The van der Waals surface area contributed by atoms with Crippen LogP contribution >= 0.6 is 0 Å². The Hall–Kier alpha value is -5.10. The molecule has 9 nitrogen and oxygen atoms in total. The normalized spacial score (nSPS) is 10.3. The Morgan fingerprint density at radius 1 is 0.889 bits per heavy atom. The van der Waals surface area contributed by atoms with Crippen molar-refractivity contribution in [1.82, 2.24) is 15.1 Å². The fourth-order valence-electron chi connectivity index (χ4n) is 3.62. The van der Waals surface area contributed by atoms with E-state index < -0.39 is 0 Å². The van der Waals surface area contributed by atoms with Gasteiger partial charge in [-0.3, -0.25) is 4.79 Å². The summed E-state index contributed by atoms with van der Waals surface area (Å²) in [7, 11) is 0. The predicted molar refractivity (Wildman–Crippen MR) is 139 cm³/mol. The van der Waals surface area contributed by atoms with Crippen LogP contribution in [0.3, 0.4) is 0 Å². The Bertz CT molecular complexity index is 1380. The van der Waals surface area contributed by atoms with Crippen molar-refractivity contribution < 1.29 is 9.59 Å². The van der Waals surface area contributed by atoms with Crippen LogP contribution in [0.1, 0.15) is 28.0 Å². The number of aromatic nitrogens is 2. The monoisotopic (exact) mass is 479 g/mol. The van der Waals surface area contributed by atoms with Gasteiger partial charge < -0.3 is 21.7 Å². The minimum atomic E-state index is -0.370. The minimum Gasteiger partial charge on any atom is -0.382 e. The number of nitrogen functional groups attached to an aromatic ring is 1. The number of amides is 3. The van der Waals surface area contributed by atoms with Crippen molar-refractivity contribution in [2.75, 3.05) is 22.9 Å². The summed E-state index contributed by atoms with van der Waals surface area (Å²) in [4.78, 5) is 24.6. The first-order valence-electron chi connectivity index (χ1n) is 11.4. The maximum absolute atomic E-state index is 12.5. The number of nitrogens with zero attached hydrogens (tertiary/aromatic N) is 3. The largest absolute Gasteiger partial charge is 0.382 e. The highest BCUT2D eigenvalue weighted by Crippen LogP contribution is 2.21. The van der Waals surface area contributed by atoms with Gasteiger partial charge in [0.1, 0.15) is 17.5 Å². The molecule has 3 aromatic carbocycles. The third-order valence-electron chi connectivity index (χ3n) is 5.42. The van der Waals surface area contributed by atoms with Crippen LogP contribution in [0.5, 0.6) is 0 Å². The van der Waals surface area contributed by atoms with Gasteiger partial charge in [0.2, 0.25) is 0 Å². The molecule has 1 aromatic heterocycles. The summed E-state index contributed by atoms with van der Waals surface area (Å²) in [5.41, 5.74) is 9.58. The number of hydrogen-bond donors (Lipinski definition) is 4. The molecule has 0 spiro atoms. The van der Waals surface area contributed by atoms with Crippen LogP contribution in [0.25, 0.3) is 5.69 Å². The summed E-state index contributed by atoms with van der Waals surface area (Å²) >= 11 is 0. The molecule has 0 radical (unpaired) electrons. The smallest absolute Gasteiger partial charge is 0.323 e. The molecule has 1 heterocycles. The number of para-hydroxylation sites is 2. The zero-order valence-corrected chi connectivity index (χ0v) is 19.4. The molecular weight excluding hydrogens is 454 g/mol. The Labute approximate surface area is 208 Å². The van der Waals surface area contributed by atoms with E-state index in [1.165, 1.54) is 0 Å². The minimum absolute atomic E-state index is 0.231. The van der Waals surface area contributed by atoms with Crippen molar-refractivity contribution in [2.45, 2.75) is 12.8 Å². The van der Waals surface area contributed by atoms with E-state index in [1.54, 1.807) is 41.1 Å². The van der Waals surface area contributed by atoms with Gasteiger partial charge in [-0.25, -0.2) is 9.48 Å². The molecule has 4 aromatic rings. The second-order valence-corrected chi connectivity index (χ2v) is 7.95. The van der Waals surface area contributed by atoms with E-state index in [0.717, 1.165) is 5.69 Å². The number of hydrogen-bond acceptors (Lipinski definition) is 5. The van der Waals surface area contributed by atoms with Crippen LogP contribution in [-0.4, -0.2) is 28.3 Å². The van der Waals surface area contributed by atoms with E-state index in [2.05, 4.69) is 27.1 Å². The number of aryl methyl sites for hydroxylation is 1. The summed E-state index contributed by atoms with van der Waals surface area (Å²) in [5.74, 6) is 0.0685. The maximum atomic E-state index is 12.5. The average molecular weight is 480 g/mol. The lowest BCUT2D eigenvalue weighted by atomic mass is 10.1. The number of anilines is 3. The number of benzene rings is 3. The summed E-state index contributed by atoms with van der Waals surface area (Å²) in [6, 6.07) is 26.9. The van der Waals surface area contributed by atoms with E-state index >= 15 is 0 Å². The van der Waals surface area contributed by atoms with E-state index in [0.29, 0.717) is 53.4 Å². The molecule has 0 bridgehead atoms. The Morgan fingerprint density at radius 3 is 2.14 bits per heavy atom. The highest BCUT2D eigenvalue weighted by Gasteiger charge is 2.16. The second kappa shape index (κ2) is 11.4. The van der Waals surface area contributed by atoms with Gasteiger partial charge in [-0.15, -0.1) is 0 Å². The number of nitrogens with two attached hydrogens (primary N) is 1. The molecule has 0 aliphatic heterocycles. The molecule has 0 fully saturated rings. The van der Waals surface area contributed by atoms with Gasteiger partial charge in [0, 0.05) is 23.5 Å². The first-order valence-corrected chi connectivity index (χ1v) is 11.4. The van der Waals surface area contributed by atoms with Gasteiger partial charge in [0.15, 0.2) is 0 Å². The molecule has 0 aliphatic carbocycles. The van der Waals surface area contributed by atoms with Crippen LogP contribution in [0, 0.1) is 11.3 Å². The Morgan fingerprint density at radius 2 is 1.50 bits per heavy atom. The molecule has 9 heteroatoms. The molecule has 0 saturated heterocycles. The van der Waals surface area contributed by atoms with Crippen molar-refractivity contribution in [1.29, 1.82) is 5.26 Å². The second-order valence-electron chi connectivity index (χ2n) is 7.95. The molecule has 4 rings (SSSR count). The lowest BCUT2D eigenvalue weighted by Gasteiger charge is -2.09. The third kappa shape index (κ3) is 5.87. The number of carbonyl (C=O) groups excluding carboxylic acids is 2. The lowest BCUT2D eigenvalue weighted by molar-refractivity contribution is 0.0953. The van der Waals surface area contributed by atoms with Crippen LogP contribution in [0.2, 0.25) is 0 Å². The van der Waals surface area contributed by atoms with Crippen LogP contribution in [0.4, 0.5) is 22.0 Å². The standard InChI is InChI=1S/C27H25N7O2/c28-18-23-24(33-34(25(23)29)22-10-5-2-6-11-22)12-7-17-30-26(35)19-13-15-21(16-14-19)32-27(36)31-20-8-3-1-4-9-20/h1-6,8-11,13-16H,7,12,17,29H2,(H,30,35)(H2,31,32,36). The first-order chi connectivity index (χ1) is 17.5. The predicted octanol–water partition coefficient (Wildman–Crippen LogP) is 4.33. The van der Waals surface area contributed by atoms with E-state index in [-0.39, 0.29) is 11.9 Å². The van der Waals surface area contributed by atoms with Crippen molar-refractivity contribution in [3.63, 3.8) is 0 Å². The first kappa shape index (κ1) is 24.0. The molecule has 0 unspecified atom stereocenters. The summed E-state index contributed by atoms with van der Waals surface area (Å²) in [5, 5.41) is 22.4. The SMILES string of the molecule is N#Cc1c(CCCNC(=O)c2ccc(NC(=O)Nc3ccccc3)cc2)nn(-c2ccccc2)c1N. The zero-order valence-electron chi connectivity index (χ0n) is 19.4. The molecule has 0 saturated carbocycles. The lowest BCUT2D eigenvalue weighted by Crippen LogP contribution is -2.25. The molecule has 36 heavy (non-hydrogen) atoms. The fourth-order valence-corrected chi connectivity index (χ4v) is 3.62. The van der Waals surface area contributed by atoms with E-state index in [9.17, 15) is 14.9 Å². The molecule has 180 valence electrons. The quantitative estimate of drug-likeness (QED) is 0.279. The topological polar surface area (TPSA) is 138 Å². The average Bonchev–Trinajstić information content (AvgIpc) is 3.22. The van der Waals surface area contributed by atoms with Gasteiger partial charge in [0.05, 0.1) is 11.4 Å². The number of carbonyl (C=O) groups is 2. The van der Waals surface area contributed by atoms with Gasteiger partial charge in [-0.1, -0.05) is 36.4 Å². The fraction of sp³-hybridized carbons (Fsp3) is 0.111. The highest BCUT2D eigenvalue weighted by atomic mass is 16.2. The van der Waals surface area contributed by atoms with Crippen LogP contribution in [0.15, 0.2) is 84.9 Å². The van der Waals surface area contributed by atoms with Gasteiger partial charge >= 0.3 is 6.03 Å². The molecule has 0 atom stereocenters.